The highest BCUT2D eigenvalue weighted by atomic mass is 19.1. The number of amides is 1. The van der Waals surface area contributed by atoms with Gasteiger partial charge >= 0.3 is 0 Å². The minimum Gasteiger partial charge on any atom is -0.481 e. The van der Waals surface area contributed by atoms with Crippen molar-refractivity contribution >= 4 is 23.1 Å². The number of anilines is 3. The van der Waals surface area contributed by atoms with Crippen LogP contribution in [0.2, 0.25) is 0 Å². The van der Waals surface area contributed by atoms with E-state index in [1.54, 1.807) is 49.1 Å². The largest absolute Gasteiger partial charge is 0.481 e. The number of pyridine rings is 1. The summed E-state index contributed by atoms with van der Waals surface area (Å²) < 4.78 is 21.5. The van der Waals surface area contributed by atoms with Crippen molar-refractivity contribution in [3.05, 3.63) is 47.5 Å². The number of carbonyl (C=O) groups excluding carboxylic acids is 1. The van der Waals surface area contributed by atoms with Gasteiger partial charge in [-0.2, -0.15) is 5.10 Å². The smallest absolute Gasteiger partial charge is 0.274 e. The molecule has 0 spiro atoms. The van der Waals surface area contributed by atoms with Crippen LogP contribution in [0, 0.1) is 5.82 Å². The third kappa shape index (κ3) is 3.59. The van der Waals surface area contributed by atoms with E-state index in [0.29, 0.717) is 35.9 Å². The van der Waals surface area contributed by atoms with Crippen LogP contribution in [-0.4, -0.2) is 59.4 Å². The summed E-state index contributed by atoms with van der Waals surface area (Å²) in [6, 6.07) is 6.66. The number of likely N-dealkylation sites (N-methyl/N-ethyl adjacent to an activating group) is 1. The molecule has 9 nitrogen and oxygen atoms in total. The summed E-state index contributed by atoms with van der Waals surface area (Å²) in [6.45, 7) is 1.70. The minimum atomic E-state index is -0.287. The lowest BCUT2D eigenvalue weighted by Crippen LogP contribution is -2.32. The number of nitrogens with zero attached hydrogens (tertiary/aromatic N) is 5. The zero-order valence-electron chi connectivity index (χ0n) is 19.5. The number of ether oxygens (including phenoxy) is 1. The first-order valence-corrected chi connectivity index (χ1v) is 11.3. The molecule has 1 aromatic carbocycles. The molecule has 178 valence electrons. The number of nitrogen functional groups attached to an aromatic ring is 1. The molecule has 1 amide bonds. The molecule has 3 aromatic rings. The van der Waals surface area contributed by atoms with E-state index >= 15 is 0 Å². The highest BCUT2D eigenvalue weighted by molar-refractivity contribution is 6.00. The number of hydrogen-bond acceptors (Lipinski definition) is 7. The Morgan fingerprint density at radius 2 is 2.06 bits per heavy atom. The van der Waals surface area contributed by atoms with Gasteiger partial charge in [0.1, 0.15) is 11.6 Å². The zero-order valence-corrected chi connectivity index (χ0v) is 19.5. The van der Waals surface area contributed by atoms with E-state index in [9.17, 15) is 9.18 Å². The Morgan fingerprint density at radius 3 is 2.85 bits per heavy atom. The van der Waals surface area contributed by atoms with Crippen molar-refractivity contribution in [2.24, 2.45) is 7.05 Å². The lowest BCUT2D eigenvalue weighted by atomic mass is 10.0. The molecule has 2 aromatic heterocycles. The number of nitrogens with one attached hydrogen (secondary N) is 1. The molecule has 1 saturated heterocycles. The fraction of sp³-hybridized carbons (Fsp3) is 0.375. The maximum atomic E-state index is 14.3. The van der Waals surface area contributed by atoms with E-state index in [0.717, 1.165) is 36.3 Å². The molecule has 10 heteroatoms. The van der Waals surface area contributed by atoms with Crippen LogP contribution in [0.15, 0.2) is 30.5 Å². The first-order chi connectivity index (χ1) is 16.4. The summed E-state index contributed by atoms with van der Waals surface area (Å²) in [4.78, 5) is 21.6. The van der Waals surface area contributed by atoms with Crippen LogP contribution in [0.25, 0.3) is 11.1 Å². The number of fused-ring (bicyclic) bond motifs is 8. The summed E-state index contributed by atoms with van der Waals surface area (Å²) >= 11 is 0. The third-order valence-corrected chi connectivity index (χ3v) is 6.62. The Kier molecular flexibility index (Phi) is 5.51. The van der Waals surface area contributed by atoms with Gasteiger partial charge in [0, 0.05) is 56.7 Å². The van der Waals surface area contributed by atoms with E-state index in [-0.39, 0.29) is 23.5 Å². The zero-order chi connectivity index (χ0) is 24.0. The van der Waals surface area contributed by atoms with Crippen molar-refractivity contribution in [1.29, 1.82) is 0 Å². The minimum absolute atomic E-state index is 0.0601. The summed E-state index contributed by atoms with van der Waals surface area (Å²) in [7, 11) is 5.02. The predicted molar refractivity (Wildman–Crippen MR) is 129 cm³/mol. The molecule has 0 saturated carbocycles. The van der Waals surface area contributed by atoms with Gasteiger partial charge < -0.3 is 25.6 Å². The molecule has 3 N–H and O–H groups in total. The number of aryl methyl sites for hydroxylation is 1. The summed E-state index contributed by atoms with van der Waals surface area (Å²) in [5.74, 6) is 0.321. The molecule has 1 fully saturated rings. The monoisotopic (exact) mass is 465 g/mol. The number of carbonyl (C=O) groups is 1. The molecule has 2 aliphatic rings. The number of methoxy groups -OCH3 is 1. The number of nitrogens with two attached hydrogens (primary N) is 1. The van der Waals surface area contributed by atoms with Crippen LogP contribution in [-0.2, 0) is 7.05 Å². The van der Waals surface area contributed by atoms with Crippen molar-refractivity contribution in [3.8, 4) is 17.0 Å². The van der Waals surface area contributed by atoms with E-state index in [1.165, 1.54) is 6.07 Å². The number of rotatable bonds is 1. The van der Waals surface area contributed by atoms with Crippen LogP contribution in [0.5, 0.6) is 5.88 Å². The Labute approximate surface area is 197 Å². The highest BCUT2D eigenvalue weighted by Crippen LogP contribution is 2.43. The van der Waals surface area contributed by atoms with Crippen molar-refractivity contribution in [1.82, 2.24) is 19.7 Å². The predicted octanol–water partition coefficient (Wildman–Crippen LogP) is 3.05. The van der Waals surface area contributed by atoms with Crippen molar-refractivity contribution in [2.75, 3.05) is 49.7 Å². The number of benzene rings is 1. The average molecular weight is 466 g/mol. The van der Waals surface area contributed by atoms with E-state index in [1.807, 2.05) is 6.07 Å². The van der Waals surface area contributed by atoms with Gasteiger partial charge in [0.15, 0.2) is 5.69 Å². The molecular formula is C24H28FN7O2. The second-order valence-corrected chi connectivity index (χ2v) is 8.72. The summed E-state index contributed by atoms with van der Waals surface area (Å²) in [6.07, 6.45) is 3.44. The average Bonchev–Trinajstić information content (AvgIpc) is 3.43. The second-order valence-electron chi connectivity index (χ2n) is 8.72. The van der Waals surface area contributed by atoms with Gasteiger partial charge in [-0.3, -0.25) is 4.79 Å². The first kappa shape index (κ1) is 22.0. The van der Waals surface area contributed by atoms with E-state index in [4.69, 9.17) is 10.5 Å². The maximum absolute atomic E-state index is 14.3. The van der Waals surface area contributed by atoms with Crippen LogP contribution >= 0.6 is 0 Å². The summed E-state index contributed by atoms with van der Waals surface area (Å²) in [5.41, 5.74) is 10.4. The first-order valence-electron chi connectivity index (χ1n) is 11.3. The summed E-state index contributed by atoms with van der Waals surface area (Å²) in [5, 5.41) is 7.87. The number of aromatic nitrogens is 3. The highest BCUT2D eigenvalue weighted by Gasteiger charge is 2.32. The maximum Gasteiger partial charge on any atom is 0.274 e. The fourth-order valence-corrected chi connectivity index (χ4v) is 4.97. The molecule has 0 radical (unpaired) electrons. The van der Waals surface area contributed by atoms with Gasteiger partial charge in [0.25, 0.3) is 5.91 Å². The molecule has 2 aliphatic heterocycles. The molecule has 0 aliphatic carbocycles. The van der Waals surface area contributed by atoms with Crippen LogP contribution in [0.4, 0.5) is 21.6 Å². The molecule has 0 unspecified atom stereocenters. The Bertz CT molecular complexity index is 1260. The second kappa shape index (κ2) is 8.51. The van der Waals surface area contributed by atoms with Crippen LogP contribution < -0.4 is 20.7 Å². The quantitative estimate of drug-likeness (QED) is 0.570. The molecule has 2 bridgehead atoms. The Hall–Kier alpha value is -3.82. The third-order valence-electron chi connectivity index (χ3n) is 6.62. The standard InChI is InChI=1S/C24H28FN7O2/c1-30-10-8-27-17-7-6-15(25)12-16(17)18-5-4-9-32(18)19-11-14(13-28-22(19)26)20-21(23(30)33)29-31(2)24(20)34-3/h6-7,11-13,18,27H,4-5,8-10H2,1-3H3,(H2,26,28)/t18-/m1/s1. The van der Waals surface area contributed by atoms with Gasteiger partial charge in [-0.25, -0.2) is 14.1 Å². The SMILES string of the molecule is COc1c2c(nn1C)C(=O)N(C)CCNc1ccc(F)cc1[C@H]1CCCN1c1cc-2cnc1N. The molecular weight excluding hydrogens is 437 g/mol. The van der Waals surface area contributed by atoms with Gasteiger partial charge in [-0.05, 0) is 37.1 Å². The topological polar surface area (TPSA) is 102 Å². The van der Waals surface area contributed by atoms with Crippen LogP contribution in [0.3, 0.4) is 0 Å². The van der Waals surface area contributed by atoms with Gasteiger partial charge in [-0.15, -0.1) is 0 Å². The Morgan fingerprint density at radius 1 is 1.24 bits per heavy atom. The van der Waals surface area contributed by atoms with E-state index < -0.39 is 0 Å². The van der Waals surface area contributed by atoms with Crippen molar-refractivity contribution in [3.63, 3.8) is 0 Å². The lowest BCUT2D eigenvalue weighted by molar-refractivity contribution is 0.0794. The van der Waals surface area contributed by atoms with Gasteiger partial charge in [-0.1, -0.05) is 0 Å². The van der Waals surface area contributed by atoms with E-state index in [2.05, 4.69) is 20.3 Å². The molecule has 34 heavy (non-hydrogen) atoms. The van der Waals surface area contributed by atoms with Gasteiger partial charge in [0.2, 0.25) is 5.88 Å². The normalized spacial score (nSPS) is 18.0. The van der Waals surface area contributed by atoms with Crippen molar-refractivity contribution < 1.29 is 13.9 Å². The van der Waals surface area contributed by atoms with Crippen LogP contribution in [0.1, 0.15) is 34.9 Å². The molecule has 4 heterocycles. The number of hydrogen-bond donors (Lipinski definition) is 2. The van der Waals surface area contributed by atoms with Gasteiger partial charge in [0.05, 0.1) is 24.4 Å². The number of halogens is 1. The fourth-order valence-electron chi connectivity index (χ4n) is 4.97. The lowest BCUT2D eigenvalue weighted by Gasteiger charge is -2.30. The van der Waals surface area contributed by atoms with Crippen molar-refractivity contribution in [2.45, 2.75) is 18.9 Å². The molecule has 1 atom stereocenters. The molecule has 5 rings (SSSR count). The Balaban J connectivity index is 1.73.